The highest BCUT2D eigenvalue weighted by Gasteiger charge is 2.30. The molecule has 2 aliphatic heterocycles. The van der Waals surface area contributed by atoms with Crippen molar-refractivity contribution in [3.8, 4) is 22.6 Å². The molecule has 2 aliphatic rings. The number of rotatable bonds is 12. The van der Waals surface area contributed by atoms with Gasteiger partial charge < -0.3 is 33.7 Å². The van der Waals surface area contributed by atoms with Crippen LogP contribution in [-0.4, -0.2) is 73.4 Å². The van der Waals surface area contributed by atoms with Gasteiger partial charge in [0.25, 0.3) is 0 Å². The van der Waals surface area contributed by atoms with Gasteiger partial charge in [-0.25, -0.2) is 14.8 Å². The van der Waals surface area contributed by atoms with Gasteiger partial charge in [-0.15, -0.1) is 0 Å². The second-order valence-corrected chi connectivity index (χ2v) is 14.2. The number of ether oxygens (including phenoxy) is 5. The lowest BCUT2D eigenvalue weighted by molar-refractivity contribution is -0.140. The number of nitrogens with zero attached hydrogens (tertiary/aromatic N) is 2. The van der Waals surface area contributed by atoms with Crippen molar-refractivity contribution < 1.29 is 38.1 Å². The zero-order valence-electron chi connectivity index (χ0n) is 35.3. The van der Waals surface area contributed by atoms with Crippen LogP contribution in [0.3, 0.4) is 0 Å². The number of hydrogen-bond acceptors (Lipinski definition) is 10. The lowest BCUT2D eigenvalue weighted by Crippen LogP contribution is -2.07. The highest BCUT2D eigenvalue weighted by atomic mass is 16.5. The van der Waals surface area contributed by atoms with Crippen LogP contribution in [0.2, 0.25) is 0 Å². The molecule has 4 aromatic rings. The van der Waals surface area contributed by atoms with Gasteiger partial charge in [0.05, 0.1) is 82.2 Å². The molecule has 12 nitrogen and oxygen atoms in total. The number of carbonyl (C=O) groups is 3. The summed E-state index contributed by atoms with van der Waals surface area (Å²) in [7, 11) is 7.20. The van der Waals surface area contributed by atoms with Gasteiger partial charge in [0.2, 0.25) is 0 Å². The van der Waals surface area contributed by atoms with Gasteiger partial charge in [-0.05, 0) is 108 Å². The van der Waals surface area contributed by atoms with E-state index in [9.17, 15) is 14.4 Å². The maximum atomic E-state index is 13.8. The number of allylic oxidation sites excluding steroid dienone is 3. The largest absolute Gasteiger partial charge is 0.497 e. The van der Waals surface area contributed by atoms with Crippen LogP contribution in [0.1, 0.15) is 109 Å². The Bertz CT molecular complexity index is 2570. The van der Waals surface area contributed by atoms with Crippen LogP contribution in [0.5, 0.6) is 11.5 Å². The van der Waals surface area contributed by atoms with E-state index in [1.54, 1.807) is 19.2 Å². The minimum atomic E-state index is -0.558. The van der Waals surface area contributed by atoms with Crippen molar-refractivity contribution in [3.63, 3.8) is 0 Å². The fourth-order valence-corrected chi connectivity index (χ4v) is 8.27. The van der Waals surface area contributed by atoms with E-state index >= 15 is 0 Å². The monoisotopic (exact) mass is 788 g/mol. The summed E-state index contributed by atoms with van der Waals surface area (Å²) in [6, 6.07) is 9.37. The average Bonchev–Trinajstić information content (AvgIpc) is 3.94. The van der Waals surface area contributed by atoms with Crippen LogP contribution >= 0.6 is 0 Å². The molecule has 6 rings (SSSR count). The van der Waals surface area contributed by atoms with Crippen molar-refractivity contribution in [3.05, 3.63) is 80.9 Å². The minimum absolute atomic E-state index is 0.00189. The van der Waals surface area contributed by atoms with Crippen LogP contribution in [0.15, 0.2) is 30.3 Å². The summed E-state index contributed by atoms with van der Waals surface area (Å²) in [5.41, 5.74) is 14.5. The van der Waals surface area contributed by atoms with Crippen molar-refractivity contribution in [1.82, 2.24) is 19.9 Å². The van der Waals surface area contributed by atoms with Crippen LogP contribution in [0, 0.1) is 6.92 Å². The summed E-state index contributed by atoms with van der Waals surface area (Å²) in [5, 5.41) is 0. The maximum Gasteiger partial charge on any atom is 0.338 e. The van der Waals surface area contributed by atoms with E-state index in [0.717, 1.165) is 61.2 Å². The Labute approximate surface area is 338 Å². The third kappa shape index (κ3) is 7.27. The molecule has 0 amide bonds. The molecule has 0 fully saturated rings. The van der Waals surface area contributed by atoms with E-state index in [1.165, 1.54) is 28.4 Å². The molecular weight excluding hydrogens is 737 g/mol. The van der Waals surface area contributed by atoms with Gasteiger partial charge in [-0.3, -0.25) is 9.59 Å². The Hall–Kier alpha value is -6.17. The van der Waals surface area contributed by atoms with Gasteiger partial charge in [-0.2, -0.15) is 0 Å². The first kappa shape index (κ1) is 41.5. The molecule has 0 spiro atoms. The number of aryl methyl sites for hydroxylation is 3. The first-order valence-electron chi connectivity index (χ1n) is 19.6. The Kier molecular flexibility index (Phi) is 12.2. The summed E-state index contributed by atoms with van der Waals surface area (Å²) < 4.78 is 27.4. The van der Waals surface area contributed by atoms with Crippen molar-refractivity contribution in [2.45, 2.75) is 80.1 Å². The quantitative estimate of drug-likeness (QED) is 0.105. The van der Waals surface area contributed by atoms with E-state index in [0.29, 0.717) is 76.5 Å². The summed E-state index contributed by atoms with van der Waals surface area (Å²) in [4.78, 5) is 57.5. The van der Waals surface area contributed by atoms with E-state index in [2.05, 4.69) is 37.7 Å². The molecule has 8 bridgehead atoms. The molecule has 0 aliphatic carbocycles. The molecule has 0 radical (unpaired) electrons. The number of methoxy groups -OCH3 is 5. The third-order valence-electron chi connectivity index (χ3n) is 11.3. The standard InChI is InChI=1S/C46H52N4O8/c1-12-26-28(14-3)44-43(42-32(46(53)58-11)16-25(54-7)17-39(42)55-8)45-29(15-4)27(13-2)36(50-45)21-34-24(6)31(19-41(52)57-10)38(48-34)22-37-30(18-40(51)56-9)23(5)33(47-37)20-35(26)49-44/h16-17,20-22,47,50H,12-15,18-19H2,1-11H3. The molecular formula is C46H52N4O8. The van der Waals surface area contributed by atoms with Crippen molar-refractivity contribution in [1.29, 1.82) is 0 Å². The Morgan fingerprint density at radius 1 is 0.586 bits per heavy atom. The highest BCUT2D eigenvalue weighted by Crippen LogP contribution is 2.47. The predicted octanol–water partition coefficient (Wildman–Crippen LogP) is 9.16. The van der Waals surface area contributed by atoms with Crippen molar-refractivity contribution >= 4 is 62.3 Å². The van der Waals surface area contributed by atoms with Crippen LogP contribution < -0.4 is 9.47 Å². The van der Waals surface area contributed by atoms with Crippen LogP contribution in [0.25, 0.3) is 55.5 Å². The van der Waals surface area contributed by atoms with Gasteiger partial charge in [-0.1, -0.05) is 27.7 Å². The van der Waals surface area contributed by atoms with Crippen LogP contribution in [-0.2, 0) is 43.1 Å². The van der Waals surface area contributed by atoms with Crippen molar-refractivity contribution in [2.75, 3.05) is 35.5 Å². The summed E-state index contributed by atoms with van der Waals surface area (Å²) in [6.07, 6.45) is 2.68. The molecule has 12 heteroatoms. The zero-order chi connectivity index (χ0) is 42.0. The van der Waals surface area contributed by atoms with Gasteiger partial charge >= 0.3 is 17.9 Å². The second-order valence-electron chi connectivity index (χ2n) is 14.2. The molecule has 2 N–H and O–H groups in total. The van der Waals surface area contributed by atoms with E-state index in [1.807, 2.05) is 32.0 Å². The SMILES string of the molecule is CCC1=C(CC)c2nc1cc1[nH]c(cc3nc(cc4[nH]c(c(CC)c4CC)c2-c2c(OC)cc(OC)cc2C(=O)OC)C(C)=C3CC(=O)OC)c(CC(=O)OC)c1C. The number of benzene rings is 1. The Morgan fingerprint density at radius 2 is 1.21 bits per heavy atom. The van der Waals surface area contributed by atoms with Gasteiger partial charge in [0.1, 0.15) is 11.5 Å². The number of hydrogen-bond donors (Lipinski definition) is 2. The molecule has 0 saturated heterocycles. The number of esters is 3. The average molecular weight is 789 g/mol. The van der Waals surface area contributed by atoms with E-state index in [4.69, 9.17) is 33.7 Å². The molecule has 304 valence electrons. The summed E-state index contributed by atoms with van der Waals surface area (Å²) in [5.74, 6) is -0.502. The second kappa shape index (κ2) is 17.1. The number of carbonyl (C=O) groups excluding carboxylic acids is 3. The topological polar surface area (TPSA) is 155 Å². The molecule has 5 heterocycles. The highest BCUT2D eigenvalue weighted by molar-refractivity contribution is 6.08. The lowest BCUT2D eigenvalue weighted by atomic mass is 9.90. The molecule has 0 atom stereocenters. The van der Waals surface area contributed by atoms with E-state index in [-0.39, 0.29) is 18.4 Å². The first-order chi connectivity index (χ1) is 27.9. The van der Waals surface area contributed by atoms with Gasteiger partial charge in [0.15, 0.2) is 0 Å². The molecule has 1 aromatic carbocycles. The fraction of sp³-hybridized carbons (Fsp3) is 0.370. The zero-order valence-corrected chi connectivity index (χ0v) is 35.3. The van der Waals surface area contributed by atoms with Crippen LogP contribution in [0.4, 0.5) is 0 Å². The molecule has 0 saturated carbocycles. The number of aromatic amines is 2. The van der Waals surface area contributed by atoms with Crippen molar-refractivity contribution in [2.24, 2.45) is 0 Å². The first-order valence-corrected chi connectivity index (χ1v) is 19.6. The smallest absolute Gasteiger partial charge is 0.338 e. The Morgan fingerprint density at radius 3 is 1.81 bits per heavy atom. The van der Waals surface area contributed by atoms with Gasteiger partial charge in [0, 0.05) is 33.7 Å². The Balaban J connectivity index is 1.96. The number of H-pyrrole nitrogens is 2. The number of aromatic nitrogens is 4. The normalized spacial score (nSPS) is 12.5. The predicted molar refractivity (Wildman–Crippen MR) is 227 cm³/mol. The summed E-state index contributed by atoms with van der Waals surface area (Å²) in [6.45, 7) is 12.4. The van der Waals surface area contributed by atoms with E-state index < -0.39 is 17.9 Å². The summed E-state index contributed by atoms with van der Waals surface area (Å²) >= 11 is 0. The lowest BCUT2D eigenvalue weighted by Gasteiger charge is -2.18. The molecule has 58 heavy (non-hydrogen) atoms. The third-order valence-corrected chi connectivity index (χ3v) is 11.3. The minimum Gasteiger partial charge on any atom is -0.497 e. The molecule has 3 aromatic heterocycles. The fourth-order valence-electron chi connectivity index (χ4n) is 8.27. The maximum absolute atomic E-state index is 13.8. The number of nitrogens with one attached hydrogen (secondary N) is 2. The number of fused-ring (bicyclic) bond motifs is 8. The molecule has 0 unspecified atom stereocenters.